The molecule has 28 heavy (non-hydrogen) atoms. The lowest BCUT2D eigenvalue weighted by atomic mass is 10.1. The molecule has 2 aromatic rings. The van der Waals surface area contributed by atoms with Crippen LogP contribution in [0.1, 0.15) is 16.7 Å². The molecule has 2 aromatic carbocycles. The van der Waals surface area contributed by atoms with E-state index in [9.17, 15) is 18.0 Å². The highest BCUT2D eigenvalue weighted by molar-refractivity contribution is 5.91. The molecular formula is C21H25F3N3O+. The molecule has 0 aliphatic carbocycles. The van der Waals surface area contributed by atoms with E-state index in [4.69, 9.17) is 0 Å². The summed E-state index contributed by atoms with van der Waals surface area (Å²) in [7, 11) is 0. The summed E-state index contributed by atoms with van der Waals surface area (Å²) in [5.74, 6) is -0.185. The van der Waals surface area contributed by atoms with Crippen molar-refractivity contribution in [1.82, 2.24) is 0 Å². The Bertz CT molecular complexity index is 826. The quantitative estimate of drug-likeness (QED) is 0.840. The first kappa shape index (κ1) is 20.2. The summed E-state index contributed by atoms with van der Waals surface area (Å²) in [4.78, 5) is 15.8. The second-order valence-electron chi connectivity index (χ2n) is 7.26. The number of carbonyl (C=O) groups excluding carboxylic acids is 1. The van der Waals surface area contributed by atoms with Gasteiger partial charge in [0.1, 0.15) is 0 Å². The SMILES string of the molecule is Cc1cccc(N2CC[NH+](CC(=O)Nc3ccc(C(F)(F)F)cc3)CC2)c1C. The van der Waals surface area contributed by atoms with E-state index in [0.717, 1.165) is 38.3 Å². The molecule has 1 fully saturated rings. The summed E-state index contributed by atoms with van der Waals surface area (Å²) >= 11 is 0. The average molecular weight is 392 g/mol. The number of rotatable bonds is 4. The van der Waals surface area contributed by atoms with Crippen molar-refractivity contribution in [3.05, 3.63) is 59.2 Å². The van der Waals surface area contributed by atoms with Gasteiger partial charge in [0, 0.05) is 11.4 Å². The van der Waals surface area contributed by atoms with Crippen LogP contribution in [-0.4, -0.2) is 38.6 Å². The van der Waals surface area contributed by atoms with E-state index >= 15 is 0 Å². The third-order valence-electron chi connectivity index (χ3n) is 5.29. The fraction of sp³-hybridized carbons (Fsp3) is 0.381. The Hall–Kier alpha value is -2.54. The van der Waals surface area contributed by atoms with Crippen molar-refractivity contribution in [3.8, 4) is 0 Å². The zero-order chi connectivity index (χ0) is 20.3. The lowest BCUT2D eigenvalue weighted by Crippen LogP contribution is -3.15. The first-order valence-electron chi connectivity index (χ1n) is 9.36. The Balaban J connectivity index is 1.50. The summed E-state index contributed by atoms with van der Waals surface area (Å²) in [5, 5.41) is 2.69. The maximum Gasteiger partial charge on any atom is 0.416 e. The molecule has 0 aromatic heterocycles. The van der Waals surface area contributed by atoms with E-state index in [-0.39, 0.29) is 5.91 Å². The molecule has 1 saturated heterocycles. The van der Waals surface area contributed by atoms with Crippen molar-refractivity contribution in [2.24, 2.45) is 0 Å². The number of benzene rings is 2. The molecule has 150 valence electrons. The van der Waals surface area contributed by atoms with Crippen LogP contribution < -0.4 is 15.1 Å². The zero-order valence-corrected chi connectivity index (χ0v) is 16.1. The Labute approximate surface area is 162 Å². The van der Waals surface area contributed by atoms with Gasteiger partial charge in [0.25, 0.3) is 5.91 Å². The third kappa shape index (κ3) is 4.84. The minimum absolute atomic E-state index is 0.185. The second kappa shape index (κ2) is 8.22. The topological polar surface area (TPSA) is 36.8 Å². The van der Waals surface area contributed by atoms with Gasteiger partial charge in [0.05, 0.1) is 31.7 Å². The molecule has 0 bridgehead atoms. The summed E-state index contributed by atoms with van der Waals surface area (Å²) < 4.78 is 37.8. The zero-order valence-electron chi connectivity index (χ0n) is 16.1. The summed E-state index contributed by atoms with van der Waals surface area (Å²) in [6.45, 7) is 7.96. The molecule has 1 aliphatic heterocycles. The predicted octanol–water partition coefficient (Wildman–Crippen LogP) is 2.67. The second-order valence-corrected chi connectivity index (χ2v) is 7.26. The van der Waals surface area contributed by atoms with Crippen LogP contribution in [-0.2, 0) is 11.0 Å². The molecule has 3 rings (SSSR count). The van der Waals surface area contributed by atoms with E-state index in [1.807, 2.05) is 0 Å². The molecule has 2 N–H and O–H groups in total. The maximum atomic E-state index is 12.6. The standard InChI is InChI=1S/C21H24F3N3O/c1-15-4-3-5-19(16(15)2)27-12-10-26(11-13-27)14-20(28)25-18-8-6-17(7-9-18)21(22,23)24/h3-9H,10-14H2,1-2H3,(H,25,28)/p+1. The molecule has 0 saturated carbocycles. The van der Waals surface area contributed by atoms with E-state index in [1.165, 1.54) is 33.8 Å². The number of amides is 1. The number of nitrogens with one attached hydrogen (secondary N) is 2. The van der Waals surface area contributed by atoms with Crippen LogP contribution in [0, 0.1) is 13.8 Å². The average Bonchev–Trinajstić information content (AvgIpc) is 2.64. The highest BCUT2D eigenvalue weighted by atomic mass is 19.4. The van der Waals surface area contributed by atoms with Gasteiger partial charge in [-0.15, -0.1) is 0 Å². The number of anilines is 2. The van der Waals surface area contributed by atoms with Gasteiger partial charge in [-0.05, 0) is 55.3 Å². The number of alkyl halides is 3. The molecule has 1 aliphatic rings. The van der Waals surface area contributed by atoms with Gasteiger partial charge in [-0.3, -0.25) is 4.79 Å². The monoisotopic (exact) mass is 392 g/mol. The van der Waals surface area contributed by atoms with Crippen molar-refractivity contribution in [2.45, 2.75) is 20.0 Å². The molecule has 0 unspecified atom stereocenters. The molecule has 0 spiro atoms. The Morgan fingerprint density at radius 1 is 1.07 bits per heavy atom. The van der Waals surface area contributed by atoms with Gasteiger partial charge in [-0.25, -0.2) is 0 Å². The minimum Gasteiger partial charge on any atom is -0.360 e. The van der Waals surface area contributed by atoms with Crippen LogP contribution in [0.15, 0.2) is 42.5 Å². The maximum absolute atomic E-state index is 12.6. The van der Waals surface area contributed by atoms with Crippen LogP contribution in [0.2, 0.25) is 0 Å². The highest BCUT2D eigenvalue weighted by Crippen LogP contribution is 2.29. The Morgan fingerprint density at radius 2 is 1.71 bits per heavy atom. The smallest absolute Gasteiger partial charge is 0.360 e. The molecular weight excluding hydrogens is 367 g/mol. The summed E-state index contributed by atoms with van der Waals surface area (Å²) in [6, 6.07) is 10.8. The van der Waals surface area contributed by atoms with Crippen molar-refractivity contribution in [1.29, 1.82) is 0 Å². The van der Waals surface area contributed by atoms with Gasteiger partial charge in [0.15, 0.2) is 6.54 Å². The number of halogens is 3. The van der Waals surface area contributed by atoms with Gasteiger partial charge in [-0.1, -0.05) is 12.1 Å². The number of hydrogen-bond acceptors (Lipinski definition) is 2. The van der Waals surface area contributed by atoms with Crippen LogP contribution in [0.4, 0.5) is 24.5 Å². The fourth-order valence-electron chi connectivity index (χ4n) is 3.49. The van der Waals surface area contributed by atoms with Crippen LogP contribution in [0.3, 0.4) is 0 Å². The molecule has 1 heterocycles. The van der Waals surface area contributed by atoms with E-state index < -0.39 is 11.7 Å². The van der Waals surface area contributed by atoms with Crippen LogP contribution in [0.25, 0.3) is 0 Å². The fourth-order valence-corrected chi connectivity index (χ4v) is 3.49. The molecule has 1 amide bonds. The van der Waals surface area contributed by atoms with Gasteiger partial charge in [-0.2, -0.15) is 13.2 Å². The number of hydrogen-bond donors (Lipinski definition) is 2. The molecule has 0 radical (unpaired) electrons. The van der Waals surface area contributed by atoms with Crippen LogP contribution >= 0.6 is 0 Å². The number of quaternary nitrogens is 1. The minimum atomic E-state index is -4.37. The molecule has 7 heteroatoms. The molecule has 4 nitrogen and oxygen atoms in total. The van der Waals surface area contributed by atoms with E-state index in [2.05, 4.69) is 42.3 Å². The summed E-state index contributed by atoms with van der Waals surface area (Å²) in [5.41, 5.74) is 3.45. The number of nitrogens with zero attached hydrogens (tertiary/aromatic N) is 1. The Morgan fingerprint density at radius 3 is 2.32 bits per heavy atom. The predicted molar refractivity (Wildman–Crippen MR) is 104 cm³/mol. The lowest BCUT2D eigenvalue weighted by Gasteiger charge is -2.34. The Kier molecular flexibility index (Phi) is 5.93. The normalized spacial score (nSPS) is 15.5. The van der Waals surface area contributed by atoms with Crippen molar-refractivity contribution in [3.63, 3.8) is 0 Å². The van der Waals surface area contributed by atoms with Gasteiger partial charge < -0.3 is 15.1 Å². The summed E-state index contributed by atoms with van der Waals surface area (Å²) in [6.07, 6.45) is -4.37. The largest absolute Gasteiger partial charge is 0.416 e. The van der Waals surface area contributed by atoms with E-state index in [1.54, 1.807) is 0 Å². The first-order valence-corrected chi connectivity index (χ1v) is 9.36. The van der Waals surface area contributed by atoms with E-state index in [0.29, 0.717) is 12.2 Å². The van der Waals surface area contributed by atoms with Gasteiger partial charge >= 0.3 is 6.18 Å². The number of carbonyl (C=O) groups is 1. The van der Waals surface area contributed by atoms with Crippen molar-refractivity contribution >= 4 is 17.3 Å². The highest BCUT2D eigenvalue weighted by Gasteiger charge is 2.30. The first-order chi connectivity index (χ1) is 13.2. The third-order valence-corrected chi connectivity index (χ3v) is 5.29. The van der Waals surface area contributed by atoms with Gasteiger partial charge in [0.2, 0.25) is 0 Å². The van der Waals surface area contributed by atoms with Crippen molar-refractivity contribution in [2.75, 3.05) is 42.9 Å². The number of aryl methyl sites for hydroxylation is 1. The lowest BCUT2D eigenvalue weighted by molar-refractivity contribution is -0.892. The van der Waals surface area contributed by atoms with Crippen molar-refractivity contribution < 1.29 is 22.9 Å². The molecule has 0 atom stereocenters. The number of piperazine rings is 1. The van der Waals surface area contributed by atoms with Crippen LogP contribution in [0.5, 0.6) is 0 Å².